The molecular formula is C18H23N3O3S2. The molecule has 0 amide bonds. The van der Waals surface area contributed by atoms with Crippen LogP contribution in [0.15, 0.2) is 34.3 Å². The van der Waals surface area contributed by atoms with Gasteiger partial charge in [0.05, 0.1) is 18.1 Å². The Hall–Kier alpha value is -1.48. The van der Waals surface area contributed by atoms with Crippen molar-refractivity contribution in [2.75, 3.05) is 26.3 Å². The number of hydrogen-bond acceptors (Lipinski definition) is 6. The highest BCUT2D eigenvalue weighted by Crippen LogP contribution is 2.24. The molecule has 0 N–H and O–H groups in total. The van der Waals surface area contributed by atoms with E-state index in [1.165, 1.54) is 16.1 Å². The Morgan fingerprint density at radius 3 is 2.42 bits per heavy atom. The second-order valence-electron chi connectivity index (χ2n) is 6.25. The normalized spacial score (nSPS) is 16.0. The Kier molecular flexibility index (Phi) is 5.96. The maximum Gasteiger partial charge on any atom is 0.243 e. The third-order valence-corrected chi connectivity index (χ3v) is 7.30. The van der Waals surface area contributed by atoms with Crippen LogP contribution < -0.4 is 0 Å². The first-order chi connectivity index (χ1) is 12.4. The average Bonchev–Trinajstić information content (AvgIpc) is 2.65. The monoisotopic (exact) mass is 393 g/mol. The summed E-state index contributed by atoms with van der Waals surface area (Å²) in [5.74, 6) is 0.619. The molecule has 8 heteroatoms. The molecule has 0 bridgehead atoms. The third-order valence-electron chi connectivity index (χ3n) is 4.49. The molecule has 0 saturated carbocycles. The van der Waals surface area contributed by atoms with E-state index in [1.54, 1.807) is 18.2 Å². The lowest BCUT2D eigenvalue weighted by molar-refractivity contribution is 0.0730. The summed E-state index contributed by atoms with van der Waals surface area (Å²) < 4.78 is 32.3. The van der Waals surface area contributed by atoms with E-state index in [4.69, 9.17) is 4.74 Å². The summed E-state index contributed by atoms with van der Waals surface area (Å²) in [6.07, 6.45) is 0. The highest BCUT2D eigenvalue weighted by molar-refractivity contribution is 7.98. The van der Waals surface area contributed by atoms with Crippen molar-refractivity contribution in [2.45, 2.75) is 36.6 Å². The van der Waals surface area contributed by atoms with Gasteiger partial charge < -0.3 is 4.74 Å². The molecule has 1 aromatic carbocycles. The van der Waals surface area contributed by atoms with Crippen molar-refractivity contribution in [1.29, 1.82) is 0 Å². The predicted octanol–water partition coefficient (Wildman–Crippen LogP) is 2.72. The van der Waals surface area contributed by atoms with E-state index in [-0.39, 0.29) is 0 Å². The van der Waals surface area contributed by atoms with Crippen molar-refractivity contribution in [3.63, 3.8) is 0 Å². The molecule has 1 aromatic heterocycles. The summed E-state index contributed by atoms with van der Waals surface area (Å²) in [4.78, 5) is 9.34. The van der Waals surface area contributed by atoms with E-state index in [0.29, 0.717) is 42.1 Å². The van der Waals surface area contributed by atoms with Gasteiger partial charge in [-0.25, -0.2) is 18.4 Å². The van der Waals surface area contributed by atoms with Crippen LogP contribution in [0.5, 0.6) is 0 Å². The number of aryl methyl sites for hydroxylation is 2. The number of benzene rings is 1. The van der Waals surface area contributed by atoms with Gasteiger partial charge in [-0.3, -0.25) is 0 Å². The smallest absolute Gasteiger partial charge is 0.243 e. The fourth-order valence-corrected chi connectivity index (χ4v) is 5.04. The lowest BCUT2D eigenvalue weighted by atomic mass is 10.2. The third kappa shape index (κ3) is 4.25. The summed E-state index contributed by atoms with van der Waals surface area (Å²) in [5, 5.41) is 0.715. The van der Waals surface area contributed by atoms with Crippen molar-refractivity contribution in [3.8, 4) is 0 Å². The molecule has 1 fully saturated rings. The van der Waals surface area contributed by atoms with Gasteiger partial charge in [0.25, 0.3) is 0 Å². The minimum Gasteiger partial charge on any atom is -0.379 e. The fraction of sp³-hybridized carbons (Fsp3) is 0.444. The lowest BCUT2D eigenvalue weighted by Gasteiger charge is -2.26. The van der Waals surface area contributed by atoms with E-state index < -0.39 is 10.0 Å². The van der Waals surface area contributed by atoms with E-state index in [2.05, 4.69) is 9.97 Å². The predicted molar refractivity (Wildman–Crippen MR) is 102 cm³/mol. The minimum atomic E-state index is -3.47. The van der Waals surface area contributed by atoms with Gasteiger partial charge in [0.15, 0.2) is 5.16 Å². The van der Waals surface area contributed by atoms with Crippen LogP contribution in [0.2, 0.25) is 0 Å². The van der Waals surface area contributed by atoms with Crippen molar-refractivity contribution in [1.82, 2.24) is 14.3 Å². The number of morpholine rings is 1. The molecule has 1 aliphatic rings. The Bertz CT molecular complexity index is 871. The molecule has 1 saturated heterocycles. The van der Waals surface area contributed by atoms with E-state index in [9.17, 15) is 8.42 Å². The summed E-state index contributed by atoms with van der Waals surface area (Å²) in [7, 11) is -3.47. The Morgan fingerprint density at radius 1 is 1.12 bits per heavy atom. The van der Waals surface area contributed by atoms with Crippen molar-refractivity contribution < 1.29 is 13.2 Å². The minimum absolute atomic E-state index is 0.328. The molecule has 0 aliphatic carbocycles. The van der Waals surface area contributed by atoms with Crippen LogP contribution in [-0.2, 0) is 20.5 Å². The van der Waals surface area contributed by atoms with Gasteiger partial charge in [-0.05, 0) is 44.0 Å². The van der Waals surface area contributed by atoms with Gasteiger partial charge >= 0.3 is 0 Å². The van der Waals surface area contributed by atoms with E-state index >= 15 is 0 Å². The zero-order valence-electron chi connectivity index (χ0n) is 15.2. The van der Waals surface area contributed by atoms with Crippen molar-refractivity contribution in [3.05, 3.63) is 46.8 Å². The topological polar surface area (TPSA) is 72.4 Å². The average molecular weight is 394 g/mol. The van der Waals surface area contributed by atoms with Gasteiger partial charge in [0.2, 0.25) is 10.0 Å². The van der Waals surface area contributed by atoms with Gasteiger partial charge in [0.1, 0.15) is 0 Å². The summed E-state index contributed by atoms with van der Waals surface area (Å²) in [5.41, 5.74) is 3.99. The van der Waals surface area contributed by atoms with Crippen LogP contribution in [0.25, 0.3) is 0 Å². The Balaban J connectivity index is 1.75. The maximum atomic E-state index is 12.8. The molecule has 0 unspecified atom stereocenters. The molecule has 2 aromatic rings. The molecule has 1 aliphatic heterocycles. The number of rotatable bonds is 5. The number of thioether (sulfide) groups is 1. The van der Waals surface area contributed by atoms with Gasteiger partial charge in [-0.1, -0.05) is 23.9 Å². The molecule has 0 atom stereocenters. The maximum absolute atomic E-state index is 12.8. The Labute approximate surface area is 159 Å². The number of aromatic nitrogens is 2. The highest BCUT2D eigenvalue weighted by atomic mass is 32.2. The molecule has 6 nitrogen and oxygen atoms in total. The molecule has 2 heterocycles. The Morgan fingerprint density at radius 2 is 1.77 bits per heavy atom. The highest BCUT2D eigenvalue weighted by Gasteiger charge is 2.26. The fourth-order valence-electron chi connectivity index (χ4n) is 2.69. The van der Waals surface area contributed by atoms with Gasteiger partial charge in [0, 0.05) is 30.2 Å². The molecule has 0 spiro atoms. The zero-order chi connectivity index (χ0) is 18.7. The molecule has 0 radical (unpaired) electrons. The van der Waals surface area contributed by atoms with E-state index in [0.717, 1.165) is 22.5 Å². The summed E-state index contributed by atoms with van der Waals surface area (Å²) in [6.45, 7) is 7.65. The second kappa shape index (κ2) is 8.04. The first-order valence-electron chi connectivity index (χ1n) is 8.49. The van der Waals surface area contributed by atoms with Crippen molar-refractivity contribution >= 4 is 21.8 Å². The quantitative estimate of drug-likeness (QED) is 0.574. The van der Waals surface area contributed by atoms with Crippen LogP contribution in [0, 0.1) is 20.8 Å². The van der Waals surface area contributed by atoms with Crippen LogP contribution in [-0.4, -0.2) is 49.0 Å². The standard InChI is InChI=1S/C18H23N3O3S2/c1-13-14(2)19-18(20-15(13)3)25-12-16-5-4-6-17(11-16)26(22,23)21-7-9-24-10-8-21/h4-6,11H,7-10,12H2,1-3H3. The van der Waals surface area contributed by atoms with Crippen LogP contribution >= 0.6 is 11.8 Å². The number of sulfonamides is 1. The lowest BCUT2D eigenvalue weighted by Crippen LogP contribution is -2.40. The second-order valence-corrected chi connectivity index (χ2v) is 9.13. The zero-order valence-corrected chi connectivity index (χ0v) is 16.9. The SMILES string of the molecule is Cc1nc(SCc2cccc(S(=O)(=O)N3CCOCC3)c2)nc(C)c1C. The number of nitrogens with zero attached hydrogens (tertiary/aromatic N) is 3. The molecular weight excluding hydrogens is 370 g/mol. The number of hydrogen-bond donors (Lipinski definition) is 0. The summed E-state index contributed by atoms with van der Waals surface area (Å²) >= 11 is 1.51. The van der Waals surface area contributed by atoms with E-state index in [1.807, 2.05) is 26.8 Å². The molecule has 26 heavy (non-hydrogen) atoms. The molecule has 3 rings (SSSR count). The van der Waals surface area contributed by atoms with Crippen molar-refractivity contribution in [2.24, 2.45) is 0 Å². The van der Waals surface area contributed by atoms with Crippen LogP contribution in [0.4, 0.5) is 0 Å². The van der Waals surface area contributed by atoms with Crippen LogP contribution in [0.3, 0.4) is 0 Å². The first kappa shape index (κ1) is 19.3. The largest absolute Gasteiger partial charge is 0.379 e. The summed E-state index contributed by atoms with van der Waals surface area (Å²) in [6, 6.07) is 7.11. The first-order valence-corrected chi connectivity index (χ1v) is 10.9. The number of ether oxygens (including phenoxy) is 1. The van der Waals surface area contributed by atoms with Gasteiger partial charge in [-0.2, -0.15) is 4.31 Å². The molecule has 140 valence electrons. The van der Waals surface area contributed by atoms with Crippen LogP contribution in [0.1, 0.15) is 22.5 Å². The van der Waals surface area contributed by atoms with Gasteiger partial charge in [-0.15, -0.1) is 0 Å².